The van der Waals surface area contributed by atoms with Gasteiger partial charge in [0, 0.05) is 18.9 Å². The number of benzene rings is 1. The monoisotopic (exact) mass is 359 g/mol. The molecule has 1 aliphatic heterocycles. The molecule has 2 aromatic heterocycles. The summed E-state index contributed by atoms with van der Waals surface area (Å²) in [5, 5.41) is 12.7. The van der Waals surface area contributed by atoms with Crippen molar-refractivity contribution in [3.8, 4) is 17.5 Å². The summed E-state index contributed by atoms with van der Waals surface area (Å²) in [6.07, 6.45) is 5.81. The van der Waals surface area contributed by atoms with E-state index in [2.05, 4.69) is 50.5 Å². The Morgan fingerprint density at radius 1 is 1.15 bits per heavy atom. The highest BCUT2D eigenvalue weighted by Gasteiger charge is 2.24. The Bertz CT molecular complexity index is 911. The Balaban J connectivity index is 1.55. The third-order valence-electron chi connectivity index (χ3n) is 4.86. The van der Waals surface area contributed by atoms with Gasteiger partial charge in [-0.15, -0.1) is 0 Å². The summed E-state index contributed by atoms with van der Waals surface area (Å²) in [5.74, 6) is 0.816. The summed E-state index contributed by atoms with van der Waals surface area (Å²) >= 11 is 0. The van der Waals surface area contributed by atoms with Crippen molar-refractivity contribution in [2.75, 3.05) is 25.0 Å². The van der Waals surface area contributed by atoms with E-state index < -0.39 is 0 Å². The van der Waals surface area contributed by atoms with E-state index in [1.807, 2.05) is 18.2 Å². The summed E-state index contributed by atoms with van der Waals surface area (Å²) in [6, 6.07) is 16.5. The van der Waals surface area contributed by atoms with E-state index >= 15 is 0 Å². The summed E-state index contributed by atoms with van der Waals surface area (Å²) in [5.41, 5.74) is 2.28. The predicted octanol–water partition coefficient (Wildman–Crippen LogP) is 3.86. The van der Waals surface area contributed by atoms with Crippen molar-refractivity contribution in [3.63, 3.8) is 0 Å². The van der Waals surface area contributed by atoms with Crippen molar-refractivity contribution in [1.82, 2.24) is 14.9 Å². The molecule has 0 bridgehead atoms. The van der Waals surface area contributed by atoms with E-state index in [4.69, 9.17) is 4.42 Å². The number of hydrogen-bond donors (Lipinski definition) is 1. The number of pyridine rings is 1. The highest BCUT2D eigenvalue weighted by molar-refractivity contribution is 5.57. The molecule has 6 heteroatoms. The number of nitrogens with one attached hydrogen (secondary N) is 1. The normalized spacial score (nSPS) is 15.4. The molecular formula is C21H21N5O. The van der Waals surface area contributed by atoms with Crippen LogP contribution in [0.15, 0.2) is 59.3 Å². The van der Waals surface area contributed by atoms with Crippen molar-refractivity contribution in [3.05, 3.63) is 66.1 Å². The maximum absolute atomic E-state index is 9.43. The number of nitriles is 1. The first-order valence-electron chi connectivity index (χ1n) is 9.19. The lowest BCUT2D eigenvalue weighted by atomic mass is 10.1. The minimum Gasteiger partial charge on any atom is -0.419 e. The van der Waals surface area contributed by atoms with Crippen LogP contribution in [0, 0.1) is 11.3 Å². The number of oxazole rings is 1. The molecule has 136 valence electrons. The van der Waals surface area contributed by atoms with Crippen LogP contribution in [-0.2, 0) is 0 Å². The van der Waals surface area contributed by atoms with Gasteiger partial charge in [-0.05, 0) is 43.6 Å². The van der Waals surface area contributed by atoms with Gasteiger partial charge in [0.25, 0.3) is 0 Å². The number of hydrogen-bond acceptors (Lipinski definition) is 6. The molecule has 0 spiro atoms. The number of nitrogens with zero attached hydrogens (tertiary/aromatic N) is 4. The molecule has 1 saturated heterocycles. The van der Waals surface area contributed by atoms with Crippen LogP contribution in [0.2, 0.25) is 0 Å². The van der Waals surface area contributed by atoms with Gasteiger partial charge in [0.05, 0.1) is 11.6 Å². The molecule has 1 atom stereocenters. The quantitative estimate of drug-likeness (QED) is 0.720. The second-order valence-electron chi connectivity index (χ2n) is 6.60. The maximum Gasteiger partial charge on any atom is 0.232 e. The molecular weight excluding hydrogens is 338 g/mol. The van der Waals surface area contributed by atoms with Crippen molar-refractivity contribution < 1.29 is 4.42 Å². The minimum absolute atomic E-state index is 0.229. The van der Waals surface area contributed by atoms with Gasteiger partial charge in [-0.25, -0.2) is 0 Å². The molecule has 0 radical (unpaired) electrons. The fourth-order valence-corrected chi connectivity index (χ4v) is 3.50. The Labute approximate surface area is 158 Å². The van der Waals surface area contributed by atoms with Crippen LogP contribution in [0.4, 0.5) is 5.88 Å². The number of rotatable bonds is 6. The van der Waals surface area contributed by atoms with Crippen molar-refractivity contribution >= 4 is 5.88 Å². The topological polar surface area (TPSA) is 78.0 Å². The first-order valence-corrected chi connectivity index (χ1v) is 9.19. The number of anilines is 1. The molecule has 1 fully saturated rings. The smallest absolute Gasteiger partial charge is 0.232 e. The zero-order chi connectivity index (χ0) is 18.5. The van der Waals surface area contributed by atoms with Crippen LogP contribution in [0.1, 0.15) is 30.1 Å². The van der Waals surface area contributed by atoms with Gasteiger partial charge >= 0.3 is 0 Å². The lowest BCUT2D eigenvalue weighted by Crippen LogP contribution is -2.31. The largest absolute Gasteiger partial charge is 0.419 e. The molecule has 27 heavy (non-hydrogen) atoms. The Kier molecular flexibility index (Phi) is 5.13. The molecule has 4 rings (SSSR count). The first kappa shape index (κ1) is 17.3. The van der Waals surface area contributed by atoms with Gasteiger partial charge in [0.15, 0.2) is 0 Å². The fraction of sp³-hybridized carbons (Fsp3) is 0.286. The van der Waals surface area contributed by atoms with Crippen LogP contribution in [0.5, 0.6) is 0 Å². The van der Waals surface area contributed by atoms with E-state index in [1.165, 1.54) is 18.4 Å². The average Bonchev–Trinajstić information content (AvgIpc) is 3.40. The Morgan fingerprint density at radius 2 is 1.96 bits per heavy atom. The van der Waals surface area contributed by atoms with Crippen molar-refractivity contribution in [1.29, 1.82) is 5.26 Å². The summed E-state index contributed by atoms with van der Waals surface area (Å²) in [6.45, 7) is 2.83. The van der Waals surface area contributed by atoms with E-state index in [0.29, 0.717) is 18.3 Å². The zero-order valence-electron chi connectivity index (χ0n) is 15.0. The summed E-state index contributed by atoms with van der Waals surface area (Å²) in [4.78, 5) is 10.9. The van der Waals surface area contributed by atoms with Crippen molar-refractivity contribution in [2.45, 2.75) is 18.9 Å². The van der Waals surface area contributed by atoms with Crippen LogP contribution < -0.4 is 5.32 Å². The van der Waals surface area contributed by atoms with Gasteiger partial charge in [-0.1, -0.05) is 30.3 Å². The molecule has 0 saturated carbocycles. The lowest BCUT2D eigenvalue weighted by molar-refractivity contribution is 0.255. The molecule has 6 nitrogen and oxygen atoms in total. The summed E-state index contributed by atoms with van der Waals surface area (Å²) in [7, 11) is 0. The van der Waals surface area contributed by atoms with Crippen LogP contribution in [0.3, 0.4) is 0 Å². The van der Waals surface area contributed by atoms with Gasteiger partial charge < -0.3 is 9.73 Å². The van der Waals surface area contributed by atoms with Gasteiger partial charge in [0.2, 0.25) is 17.5 Å². The standard InChI is InChI=1S/C21H21N5O/c22-13-18-21(27-20(25-18)17-9-6-10-23-14-17)24-15-19(26-11-4-5-12-26)16-7-2-1-3-8-16/h1-3,6-10,14,19,24H,4-5,11-12,15H2/t19-/m1/s1. The molecule has 3 heterocycles. The van der Waals surface area contributed by atoms with Gasteiger partial charge in [0.1, 0.15) is 6.07 Å². The SMILES string of the molecule is N#Cc1nc(-c2cccnc2)oc1NC[C@H](c1ccccc1)N1CCCC1. The zero-order valence-corrected chi connectivity index (χ0v) is 15.0. The van der Waals surface area contributed by atoms with E-state index in [0.717, 1.165) is 18.7 Å². The van der Waals surface area contributed by atoms with E-state index in [9.17, 15) is 5.26 Å². The van der Waals surface area contributed by atoms with E-state index in [1.54, 1.807) is 12.4 Å². The average molecular weight is 359 g/mol. The highest BCUT2D eigenvalue weighted by atomic mass is 16.4. The second-order valence-corrected chi connectivity index (χ2v) is 6.60. The maximum atomic E-state index is 9.43. The predicted molar refractivity (Wildman–Crippen MR) is 103 cm³/mol. The summed E-state index contributed by atoms with van der Waals surface area (Å²) < 4.78 is 5.84. The lowest BCUT2D eigenvalue weighted by Gasteiger charge is -2.28. The van der Waals surface area contributed by atoms with Crippen LogP contribution in [0.25, 0.3) is 11.5 Å². The Morgan fingerprint density at radius 3 is 2.67 bits per heavy atom. The van der Waals surface area contributed by atoms with Gasteiger partial charge in [-0.3, -0.25) is 9.88 Å². The number of likely N-dealkylation sites (tertiary alicyclic amines) is 1. The molecule has 0 amide bonds. The third-order valence-corrected chi connectivity index (χ3v) is 4.86. The molecule has 3 aromatic rings. The second kappa shape index (κ2) is 8.02. The first-order chi connectivity index (χ1) is 13.3. The van der Waals surface area contributed by atoms with Crippen LogP contribution in [-0.4, -0.2) is 34.5 Å². The van der Waals surface area contributed by atoms with Crippen LogP contribution >= 0.6 is 0 Å². The molecule has 1 aromatic carbocycles. The molecule has 1 N–H and O–H groups in total. The molecule has 0 aliphatic carbocycles. The third kappa shape index (κ3) is 3.83. The fourth-order valence-electron chi connectivity index (χ4n) is 3.50. The minimum atomic E-state index is 0.229. The molecule has 1 aliphatic rings. The molecule has 0 unspecified atom stereocenters. The Hall–Kier alpha value is -3.17. The van der Waals surface area contributed by atoms with E-state index in [-0.39, 0.29) is 11.7 Å². The van der Waals surface area contributed by atoms with Crippen molar-refractivity contribution in [2.24, 2.45) is 0 Å². The van der Waals surface area contributed by atoms with Gasteiger partial charge in [-0.2, -0.15) is 10.2 Å². The number of aromatic nitrogens is 2. The highest BCUT2D eigenvalue weighted by Crippen LogP contribution is 2.28.